The van der Waals surface area contributed by atoms with Crippen LogP contribution in [0.4, 0.5) is 5.69 Å². The Morgan fingerprint density at radius 2 is 0.453 bits per heavy atom. The first-order valence-corrected chi connectivity index (χ1v) is 49.5. The van der Waals surface area contributed by atoms with E-state index in [4.69, 9.17) is 65.6 Å². The second-order valence-electron chi connectivity index (χ2n) is 37.0. The fourth-order valence-corrected chi connectivity index (χ4v) is 21.4. The van der Waals surface area contributed by atoms with Crippen LogP contribution in [0.2, 0.25) is 0 Å². The van der Waals surface area contributed by atoms with E-state index in [1.807, 2.05) is 140 Å². The number of hydrogen-bond donors (Lipinski definition) is 0. The van der Waals surface area contributed by atoms with Crippen LogP contribution in [-0.2, 0) is 16.2 Å². The number of ether oxygens (including phenoxy) is 3. The van der Waals surface area contributed by atoms with Crippen molar-refractivity contribution in [3.8, 4) is 149 Å². The zero-order valence-corrected chi connectivity index (χ0v) is 80.6. The number of rotatable bonds is 15. The molecule has 0 bridgehead atoms. The summed E-state index contributed by atoms with van der Waals surface area (Å²) in [7, 11) is 0. The minimum absolute atomic E-state index is 0.494. The van der Waals surface area contributed by atoms with E-state index in [1.54, 1.807) is 36.4 Å². The molecule has 0 unspecified atom stereocenters. The highest BCUT2D eigenvalue weighted by Gasteiger charge is 2.49. The van der Waals surface area contributed by atoms with Gasteiger partial charge in [-0.1, -0.05) is 394 Å². The molecule has 3 aliphatic heterocycles. The molecule has 0 spiro atoms. The molecular formula is C135H84N12O3. The summed E-state index contributed by atoms with van der Waals surface area (Å²) in [6.45, 7) is 7.41. The van der Waals surface area contributed by atoms with Gasteiger partial charge >= 0.3 is 0 Å². The SMILES string of the molecule is N#Cc1ccc(-c2nc(-c3ccc4c(c3)C(c3ccccc3)(c3ccccc3)c3ccccc3O4)nc(-c3ccc4ccccc4c3)n2)cc1.N#Cc1ccc(-c2nc(-c3ccc4ccccc4c3)nc(-c3cccc4c3Oc3ccccc3C4(c3ccccc3)c3ccccc3)n2)cc1.[C-]#[N+]c1ccc(-c2nc(-c3ccc4c(c3)Oc3ccccc3C4(c3ccccc3)c3ccccc3)nc(-c3ccc4ccccc4c3)n2)cc1. The van der Waals surface area contributed by atoms with Crippen molar-refractivity contribution in [2.45, 2.75) is 16.2 Å². The van der Waals surface area contributed by atoms with Crippen molar-refractivity contribution < 1.29 is 14.2 Å². The maximum Gasteiger partial charge on any atom is 0.187 e. The monoisotopic (exact) mass is 1920 g/mol. The molecule has 27 rings (SSSR count). The van der Waals surface area contributed by atoms with Gasteiger partial charge in [0.05, 0.1) is 51.6 Å². The summed E-state index contributed by atoms with van der Waals surface area (Å²) in [6, 6.07) is 177. The molecule has 24 aromatic rings. The second kappa shape index (κ2) is 38.9. The zero-order valence-electron chi connectivity index (χ0n) is 80.6. The Labute approximate surface area is 866 Å². The number of nitriles is 2. The Bertz CT molecular complexity index is 9240. The highest BCUT2D eigenvalue weighted by molar-refractivity contribution is 5.91. The summed E-state index contributed by atoms with van der Waals surface area (Å²) in [5.74, 6) is 9.42. The van der Waals surface area contributed by atoms with Crippen molar-refractivity contribution in [2.24, 2.45) is 0 Å². The summed E-state index contributed by atoms with van der Waals surface area (Å²) in [5.41, 5.74) is 20.3. The first-order valence-electron chi connectivity index (χ1n) is 49.5. The van der Waals surface area contributed by atoms with Crippen molar-refractivity contribution in [2.75, 3.05) is 0 Å². The van der Waals surface area contributed by atoms with Crippen LogP contribution in [0.3, 0.4) is 0 Å². The van der Waals surface area contributed by atoms with Gasteiger partial charge < -0.3 is 14.2 Å². The highest BCUT2D eigenvalue weighted by atomic mass is 16.5. The van der Waals surface area contributed by atoms with Gasteiger partial charge in [0.1, 0.15) is 34.5 Å². The van der Waals surface area contributed by atoms with Gasteiger partial charge in [-0.2, -0.15) is 10.5 Å². The normalized spacial score (nSPS) is 12.7. The van der Waals surface area contributed by atoms with Crippen LogP contribution in [0.5, 0.6) is 34.5 Å². The van der Waals surface area contributed by atoms with E-state index in [0.29, 0.717) is 75.0 Å². The molecule has 0 fully saturated rings. The largest absolute Gasteiger partial charge is 0.457 e. The van der Waals surface area contributed by atoms with Crippen molar-refractivity contribution in [1.82, 2.24) is 44.9 Å². The molecule has 0 saturated carbocycles. The molecule has 3 aromatic heterocycles. The van der Waals surface area contributed by atoms with Gasteiger partial charge in [0.15, 0.2) is 58.1 Å². The Morgan fingerprint density at radius 1 is 0.193 bits per heavy atom. The van der Waals surface area contributed by atoms with E-state index in [9.17, 15) is 10.5 Å². The summed E-state index contributed by atoms with van der Waals surface area (Å²) in [4.78, 5) is 48.9. The fraction of sp³-hybridized carbons (Fsp3) is 0.0222. The average molecular weight is 1920 g/mol. The van der Waals surface area contributed by atoms with Crippen LogP contribution in [0.1, 0.15) is 77.9 Å². The topological polar surface area (TPSA) is 196 Å². The first-order chi connectivity index (χ1) is 74.1. The minimum Gasteiger partial charge on any atom is -0.457 e. The first kappa shape index (κ1) is 90.6. The standard InChI is InChI=1S/3C45H28N4O/c1-46-37-25-22-31(23-26-37)42-47-43(33-21-20-30-12-8-9-13-32(30)28-33)49-44(48-42)34-24-27-39-41(29-34)50-40-19-11-10-18-38(40)45(39,35-14-4-2-5-15-35)36-16-6-3-7-17-36;46-29-30-22-24-32(25-23-30)42-47-43(34-27-26-31-12-7-8-13-33(31)28-34)49-44(48-42)37-18-11-20-39-41(37)50-40-21-10-9-19-38(40)45(39,35-14-3-1-4-15-35)36-16-5-2-6-17-36;46-29-30-19-21-32(22-20-30)42-47-43(34-24-23-31-11-7-8-12-33(31)27-34)49-44(48-42)35-25-26-41-39(28-35)45(36-13-3-1-4-14-36,37-15-5-2-6-16-37)38-17-9-10-18-40(38)50-41/h2-29H;2*1-28H. The van der Waals surface area contributed by atoms with Gasteiger partial charge in [-0.25, -0.2) is 49.7 Å². The van der Waals surface area contributed by atoms with Crippen LogP contribution in [0.15, 0.2) is 510 Å². The lowest BCUT2D eigenvalue weighted by atomic mass is 9.63. The molecule has 0 N–H and O–H groups in total. The molecular weight excluding hydrogens is 1840 g/mol. The van der Waals surface area contributed by atoms with Gasteiger partial charge in [-0.05, 0) is 181 Å². The van der Waals surface area contributed by atoms with Gasteiger partial charge in [-0.3, -0.25) is 0 Å². The number of aromatic nitrogens is 9. The van der Waals surface area contributed by atoms with Gasteiger partial charge in [0.25, 0.3) is 0 Å². The van der Waals surface area contributed by atoms with Gasteiger partial charge in [0.2, 0.25) is 0 Å². The van der Waals surface area contributed by atoms with E-state index in [1.165, 1.54) is 0 Å². The van der Waals surface area contributed by atoms with Crippen molar-refractivity contribution in [3.63, 3.8) is 0 Å². The van der Waals surface area contributed by atoms with E-state index in [-0.39, 0.29) is 0 Å². The van der Waals surface area contributed by atoms with Gasteiger partial charge in [-0.15, -0.1) is 0 Å². The molecule has 6 heterocycles. The molecule has 0 aliphatic carbocycles. The Kier molecular flexibility index (Phi) is 23.5. The lowest BCUT2D eigenvalue weighted by molar-refractivity contribution is 0.434. The van der Waals surface area contributed by atoms with E-state index in [2.05, 4.69) is 351 Å². The predicted molar refractivity (Wildman–Crippen MR) is 592 cm³/mol. The zero-order chi connectivity index (χ0) is 100. The molecule has 0 radical (unpaired) electrons. The molecule has 0 amide bonds. The van der Waals surface area contributed by atoms with Crippen molar-refractivity contribution >= 4 is 38.0 Å². The average Bonchev–Trinajstić information content (AvgIpc) is 0.712. The van der Waals surface area contributed by atoms with Crippen LogP contribution in [0.25, 0.3) is 140 Å². The quantitative estimate of drug-likeness (QED) is 0.0879. The summed E-state index contributed by atoms with van der Waals surface area (Å²) in [6.07, 6.45) is 0. The van der Waals surface area contributed by atoms with E-state index >= 15 is 0 Å². The predicted octanol–water partition coefficient (Wildman–Crippen LogP) is 31.8. The molecule has 21 aromatic carbocycles. The van der Waals surface area contributed by atoms with Crippen molar-refractivity contribution in [3.05, 3.63) is 599 Å². The molecule has 0 saturated heterocycles. The third-order valence-electron chi connectivity index (χ3n) is 28.4. The smallest absolute Gasteiger partial charge is 0.187 e. The number of fused-ring (bicyclic) bond motifs is 9. The molecule has 15 nitrogen and oxygen atoms in total. The van der Waals surface area contributed by atoms with E-state index < -0.39 is 16.2 Å². The van der Waals surface area contributed by atoms with Crippen LogP contribution < -0.4 is 14.2 Å². The number of hydrogen-bond acceptors (Lipinski definition) is 14. The third kappa shape index (κ3) is 16.4. The Hall–Kier alpha value is -20.7. The minimum atomic E-state index is -0.674. The fourth-order valence-electron chi connectivity index (χ4n) is 21.4. The Morgan fingerprint density at radius 3 is 0.827 bits per heavy atom. The lowest BCUT2D eigenvalue weighted by Gasteiger charge is -2.42. The molecule has 15 heteroatoms. The number of nitrogens with zero attached hydrogens (tertiary/aromatic N) is 12. The van der Waals surface area contributed by atoms with Crippen LogP contribution >= 0.6 is 0 Å². The maximum absolute atomic E-state index is 9.46. The van der Waals surface area contributed by atoms with Crippen LogP contribution in [-0.4, -0.2) is 44.9 Å². The third-order valence-corrected chi connectivity index (χ3v) is 28.4. The lowest BCUT2D eigenvalue weighted by Crippen LogP contribution is -2.34. The maximum atomic E-state index is 9.46. The summed E-state index contributed by atoms with van der Waals surface area (Å²) >= 11 is 0. The van der Waals surface area contributed by atoms with Crippen LogP contribution in [0, 0.1) is 29.2 Å². The van der Waals surface area contributed by atoms with Crippen molar-refractivity contribution in [1.29, 1.82) is 10.5 Å². The number of para-hydroxylation sites is 4. The second-order valence-corrected chi connectivity index (χ2v) is 37.0. The Balaban J connectivity index is 0.000000116. The summed E-state index contributed by atoms with van der Waals surface area (Å²) < 4.78 is 20.3. The molecule has 0 atom stereocenters. The van der Waals surface area contributed by atoms with E-state index in [0.717, 1.165) is 178 Å². The number of benzene rings is 21. The highest BCUT2D eigenvalue weighted by Crippen LogP contribution is 2.61. The molecule has 3 aliphatic rings. The molecule has 150 heavy (non-hydrogen) atoms. The molecule has 702 valence electrons. The summed E-state index contributed by atoms with van der Waals surface area (Å²) in [5, 5.41) is 25.6. The van der Waals surface area contributed by atoms with Gasteiger partial charge in [0, 0.05) is 77.9 Å².